The Balaban J connectivity index is 3.53. The molecule has 70 valence electrons. The Morgan fingerprint density at radius 3 is 2.54 bits per heavy atom. The van der Waals surface area contributed by atoms with Gasteiger partial charge in [-0.25, -0.2) is 4.98 Å². The maximum atomic E-state index is 11.0. The van der Waals surface area contributed by atoms with Crippen LogP contribution in [0.5, 0.6) is 0 Å². The zero-order valence-electron chi connectivity index (χ0n) is 7.19. The maximum Gasteiger partial charge on any atom is 0.250 e. The molecule has 0 bridgehead atoms. The average Bonchev–Trinajstić information content (AvgIpc) is 1.99. The van der Waals surface area contributed by atoms with Crippen LogP contribution in [0.25, 0.3) is 0 Å². The fraction of sp³-hybridized carbons (Fsp3) is 0.250. The van der Waals surface area contributed by atoms with Crippen molar-refractivity contribution in [2.24, 2.45) is 5.73 Å². The van der Waals surface area contributed by atoms with Crippen LogP contribution in [-0.4, -0.2) is 10.9 Å². The van der Waals surface area contributed by atoms with Gasteiger partial charge < -0.3 is 5.73 Å². The molecule has 0 saturated heterocycles. The third-order valence-corrected chi connectivity index (χ3v) is 3.67. The van der Waals surface area contributed by atoms with Crippen molar-refractivity contribution in [1.82, 2.24) is 4.98 Å². The summed E-state index contributed by atoms with van der Waals surface area (Å²) in [5, 5.41) is 0.417. The highest BCUT2D eigenvalue weighted by atomic mass is 127. The number of carbonyl (C=O) groups is 1. The van der Waals surface area contributed by atoms with E-state index < -0.39 is 5.91 Å². The van der Waals surface area contributed by atoms with E-state index in [4.69, 9.17) is 17.3 Å². The molecule has 5 heteroatoms. The number of hydrogen-bond donors (Lipinski definition) is 1. The van der Waals surface area contributed by atoms with E-state index in [0.717, 1.165) is 9.13 Å². The second-order valence-electron chi connectivity index (χ2n) is 2.67. The van der Waals surface area contributed by atoms with Gasteiger partial charge in [0, 0.05) is 0 Å². The molecule has 1 amide bonds. The van der Waals surface area contributed by atoms with E-state index in [1.165, 1.54) is 0 Å². The molecule has 0 aliphatic rings. The van der Waals surface area contributed by atoms with E-state index in [1.807, 2.05) is 29.5 Å². The van der Waals surface area contributed by atoms with Gasteiger partial charge in [-0.15, -0.1) is 0 Å². The van der Waals surface area contributed by atoms with Crippen LogP contribution in [-0.2, 0) is 0 Å². The summed E-state index contributed by atoms with van der Waals surface area (Å²) in [5.41, 5.74) is 7.05. The van der Waals surface area contributed by atoms with E-state index in [-0.39, 0.29) is 0 Å². The fourth-order valence-corrected chi connectivity index (χ4v) is 1.81. The van der Waals surface area contributed by atoms with Crippen LogP contribution in [0, 0.1) is 17.4 Å². The zero-order valence-corrected chi connectivity index (χ0v) is 10.1. The Kier molecular flexibility index (Phi) is 3.13. The number of nitrogens with two attached hydrogens (primary N) is 1. The summed E-state index contributed by atoms with van der Waals surface area (Å²) in [4.78, 5) is 15.1. The summed E-state index contributed by atoms with van der Waals surface area (Å²) < 4.78 is 0.777. The van der Waals surface area contributed by atoms with E-state index in [2.05, 4.69) is 4.98 Å². The third kappa shape index (κ3) is 1.94. The predicted molar refractivity (Wildman–Crippen MR) is 60.0 cm³/mol. The molecule has 3 nitrogen and oxygen atoms in total. The molecule has 0 aromatic carbocycles. The number of carbonyl (C=O) groups excluding carboxylic acids is 1. The average molecular weight is 311 g/mol. The van der Waals surface area contributed by atoms with Gasteiger partial charge >= 0.3 is 0 Å². The first kappa shape index (κ1) is 10.7. The summed E-state index contributed by atoms with van der Waals surface area (Å²) >= 11 is 7.87. The Hall–Kier alpha value is -0.360. The van der Waals surface area contributed by atoms with Gasteiger partial charge in [-0.05, 0) is 42.0 Å². The molecule has 13 heavy (non-hydrogen) atoms. The normalized spacial score (nSPS) is 10.2. The van der Waals surface area contributed by atoms with E-state index in [9.17, 15) is 4.79 Å². The quantitative estimate of drug-likeness (QED) is 0.637. The highest BCUT2D eigenvalue weighted by molar-refractivity contribution is 14.1. The van der Waals surface area contributed by atoms with Gasteiger partial charge in [0.1, 0.15) is 5.15 Å². The molecule has 0 spiro atoms. The third-order valence-electron chi connectivity index (χ3n) is 1.76. The molecule has 0 saturated carbocycles. The lowest BCUT2D eigenvalue weighted by molar-refractivity contribution is 0.0998. The van der Waals surface area contributed by atoms with Crippen molar-refractivity contribution < 1.29 is 4.79 Å². The number of pyridine rings is 1. The molecule has 2 N–H and O–H groups in total. The van der Waals surface area contributed by atoms with Gasteiger partial charge in [0.05, 0.1) is 14.8 Å². The van der Waals surface area contributed by atoms with Crippen LogP contribution < -0.4 is 5.73 Å². The lowest BCUT2D eigenvalue weighted by Crippen LogP contribution is -2.16. The van der Waals surface area contributed by atoms with Crippen molar-refractivity contribution in [2.45, 2.75) is 13.8 Å². The van der Waals surface area contributed by atoms with Gasteiger partial charge in [0.25, 0.3) is 5.91 Å². The summed E-state index contributed by atoms with van der Waals surface area (Å²) in [6.45, 7) is 3.53. The van der Waals surface area contributed by atoms with E-state index in [1.54, 1.807) is 6.92 Å². The van der Waals surface area contributed by atoms with Crippen LogP contribution in [0.4, 0.5) is 0 Å². The summed E-state index contributed by atoms with van der Waals surface area (Å²) in [5.74, 6) is -0.461. The van der Waals surface area contributed by atoms with Gasteiger partial charge in [-0.2, -0.15) is 0 Å². The highest BCUT2D eigenvalue weighted by Crippen LogP contribution is 2.24. The molecule has 0 aliphatic carbocycles. The standard InChI is InChI=1S/C8H8ClIN2O/c1-3-5(8(11)13)4(2)12-7(9)6(3)10/h1-2H3,(H2,11,13). The molecule has 0 fully saturated rings. The fourth-order valence-electron chi connectivity index (χ4n) is 1.15. The minimum atomic E-state index is -0.461. The SMILES string of the molecule is Cc1nc(Cl)c(I)c(C)c1C(N)=O. The van der Waals surface area contributed by atoms with Gasteiger partial charge in [0.2, 0.25) is 0 Å². The molecule has 1 rings (SSSR count). The lowest BCUT2D eigenvalue weighted by Gasteiger charge is -2.08. The first-order valence-corrected chi connectivity index (χ1v) is 5.02. The molecule has 1 aromatic heterocycles. The number of aromatic nitrogens is 1. The molecule has 1 aromatic rings. The second kappa shape index (κ2) is 3.79. The Morgan fingerprint density at radius 2 is 2.08 bits per heavy atom. The summed E-state index contributed by atoms with van der Waals surface area (Å²) in [6.07, 6.45) is 0. The Morgan fingerprint density at radius 1 is 1.54 bits per heavy atom. The van der Waals surface area contributed by atoms with Gasteiger partial charge in [0.15, 0.2) is 0 Å². The topological polar surface area (TPSA) is 56.0 Å². The molecular formula is C8H8ClIN2O. The van der Waals surface area contributed by atoms with Crippen LogP contribution in [0.15, 0.2) is 0 Å². The molecule has 0 radical (unpaired) electrons. The minimum absolute atomic E-state index is 0.417. The van der Waals surface area contributed by atoms with Crippen LogP contribution in [0.3, 0.4) is 0 Å². The number of primary amides is 1. The molecular weight excluding hydrogens is 302 g/mol. The van der Waals surface area contributed by atoms with Crippen LogP contribution >= 0.6 is 34.2 Å². The van der Waals surface area contributed by atoms with Crippen LogP contribution in [0.2, 0.25) is 5.15 Å². The number of rotatable bonds is 1. The van der Waals surface area contributed by atoms with E-state index >= 15 is 0 Å². The predicted octanol–water partition coefficient (Wildman–Crippen LogP) is 2.06. The second-order valence-corrected chi connectivity index (χ2v) is 4.10. The number of hydrogen-bond acceptors (Lipinski definition) is 2. The molecule has 1 heterocycles. The van der Waals surface area contributed by atoms with Crippen molar-refractivity contribution in [3.05, 3.63) is 25.5 Å². The zero-order chi connectivity index (χ0) is 10.2. The van der Waals surface area contributed by atoms with Gasteiger partial charge in [-0.1, -0.05) is 11.6 Å². The smallest absolute Gasteiger partial charge is 0.250 e. The first-order chi connectivity index (χ1) is 5.95. The Bertz CT molecular complexity index is 379. The van der Waals surface area contributed by atoms with Crippen LogP contribution in [0.1, 0.15) is 21.6 Å². The van der Waals surface area contributed by atoms with Crippen molar-refractivity contribution >= 4 is 40.1 Å². The lowest BCUT2D eigenvalue weighted by atomic mass is 10.1. The molecule has 0 atom stereocenters. The highest BCUT2D eigenvalue weighted by Gasteiger charge is 2.15. The van der Waals surface area contributed by atoms with Crippen molar-refractivity contribution in [3.8, 4) is 0 Å². The van der Waals surface area contributed by atoms with Crippen molar-refractivity contribution in [1.29, 1.82) is 0 Å². The number of amides is 1. The maximum absolute atomic E-state index is 11.0. The van der Waals surface area contributed by atoms with Gasteiger partial charge in [-0.3, -0.25) is 4.79 Å². The monoisotopic (exact) mass is 310 g/mol. The molecule has 0 unspecified atom stereocenters. The van der Waals surface area contributed by atoms with Crippen molar-refractivity contribution in [3.63, 3.8) is 0 Å². The number of nitrogens with zero attached hydrogens (tertiary/aromatic N) is 1. The molecule has 0 aliphatic heterocycles. The minimum Gasteiger partial charge on any atom is -0.366 e. The van der Waals surface area contributed by atoms with Crippen molar-refractivity contribution in [2.75, 3.05) is 0 Å². The number of halogens is 2. The first-order valence-electron chi connectivity index (χ1n) is 3.57. The number of aryl methyl sites for hydroxylation is 1. The van der Waals surface area contributed by atoms with E-state index in [0.29, 0.717) is 16.4 Å². The Labute approximate surface area is 94.8 Å². The summed E-state index contributed by atoms with van der Waals surface area (Å²) in [7, 11) is 0. The summed E-state index contributed by atoms with van der Waals surface area (Å²) in [6, 6.07) is 0. The largest absolute Gasteiger partial charge is 0.366 e.